The van der Waals surface area contributed by atoms with Crippen LogP contribution in [-0.2, 0) is 5.54 Å². The SMILES string of the molecule is COc1cccc(NC2(c3nnnn3-c3cc(C)cc(C)c3)CCC(C)CC2)c1. The lowest BCUT2D eigenvalue weighted by atomic mass is 9.76. The molecule has 0 saturated heterocycles. The molecule has 29 heavy (non-hydrogen) atoms. The maximum Gasteiger partial charge on any atom is 0.181 e. The van der Waals surface area contributed by atoms with Gasteiger partial charge in [-0.15, -0.1) is 5.10 Å². The van der Waals surface area contributed by atoms with Gasteiger partial charge in [0, 0.05) is 11.8 Å². The molecule has 6 heteroatoms. The molecule has 1 heterocycles. The Bertz CT molecular complexity index is 968. The van der Waals surface area contributed by atoms with Crippen LogP contribution in [0.25, 0.3) is 5.69 Å². The van der Waals surface area contributed by atoms with E-state index in [9.17, 15) is 0 Å². The molecule has 1 aromatic heterocycles. The molecule has 0 atom stereocenters. The van der Waals surface area contributed by atoms with Crippen molar-refractivity contribution in [3.63, 3.8) is 0 Å². The molecule has 1 aliphatic rings. The lowest BCUT2D eigenvalue weighted by Crippen LogP contribution is -2.41. The molecule has 6 nitrogen and oxygen atoms in total. The number of methoxy groups -OCH3 is 1. The van der Waals surface area contributed by atoms with E-state index in [0.29, 0.717) is 5.92 Å². The maximum absolute atomic E-state index is 5.42. The first-order valence-corrected chi connectivity index (χ1v) is 10.3. The van der Waals surface area contributed by atoms with E-state index in [1.165, 1.54) is 11.1 Å². The van der Waals surface area contributed by atoms with E-state index in [2.05, 4.69) is 65.9 Å². The molecule has 4 rings (SSSR count). The number of ether oxygens (including phenoxy) is 1. The van der Waals surface area contributed by atoms with Gasteiger partial charge in [-0.3, -0.25) is 0 Å². The summed E-state index contributed by atoms with van der Waals surface area (Å²) in [7, 11) is 1.69. The van der Waals surface area contributed by atoms with Gasteiger partial charge in [0.1, 0.15) is 5.75 Å². The van der Waals surface area contributed by atoms with Gasteiger partial charge in [-0.25, -0.2) is 0 Å². The Balaban J connectivity index is 1.78. The summed E-state index contributed by atoms with van der Waals surface area (Å²) in [5, 5.41) is 16.8. The number of rotatable bonds is 5. The van der Waals surface area contributed by atoms with E-state index >= 15 is 0 Å². The van der Waals surface area contributed by atoms with Gasteiger partial charge >= 0.3 is 0 Å². The number of benzene rings is 2. The molecule has 2 aromatic carbocycles. The molecular formula is C23H29N5O. The summed E-state index contributed by atoms with van der Waals surface area (Å²) in [6, 6.07) is 14.5. The number of tetrazole rings is 1. The molecule has 0 bridgehead atoms. The number of aromatic nitrogens is 4. The van der Waals surface area contributed by atoms with Crippen LogP contribution in [0.4, 0.5) is 5.69 Å². The lowest BCUT2D eigenvalue weighted by molar-refractivity contribution is 0.255. The first-order chi connectivity index (χ1) is 14.0. The number of hydrogen-bond donors (Lipinski definition) is 1. The summed E-state index contributed by atoms with van der Waals surface area (Å²) < 4.78 is 7.32. The van der Waals surface area contributed by atoms with Crippen molar-refractivity contribution in [2.75, 3.05) is 12.4 Å². The van der Waals surface area contributed by atoms with Gasteiger partial charge in [-0.2, -0.15) is 4.68 Å². The summed E-state index contributed by atoms with van der Waals surface area (Å²) in [6.07, 6.45) is 4.24. The fraction of sp³-hybridized carbons (Fsp3) is 0.435. The zero-order valence-corrected chi connectivity index (χ0v) is 17.6. The molecule has 3 aromatic rings. The second-order valence-corrected chi connectivity index (χ2v) is 8.38. The number of nitrogens with one attached hydrogen (secondary N) is 1. The number of nitrogens with zero attached hydrogens (tertiary/aromatic N) is 4. The van der Waals surface area contributed by atoms with Crippen molar-refractivity contribution in [1.82, 2.24) is 20.2 Å². The highest BCUT2D eigenvalue weighted by Crippen LogP contribution is 2.42. The van der Waals surface area contributed by atoms with Crippen LogP contribution < -0.4 is 10.1 Å². The highest BCUT2D eigenvalue weighted by Gasteiger charge is 2.41. The van der Waals surface area contributed by atoms with Gasteiger partial charge in [0.25, 0.3) is 0 Å². The van der Waals surface area contributed by atoms with E-state index in [4.69, 9.17) is 4.74 Å². The Hall–Kier alpha value is -2.89. The molecule has 1 fully saturated rings. The van der Waals surface area contributed by atoms with Crippen LogP contribution in [0, 0.1) is 19.8 Å². The number of anilines is 1. The van der Waals surface area contributed by atoms with Gasteiger partial charge < -0.3 is 10.1 Å². The molecule has 0 unspecified atom stereocenters. The summed E-state index contributed by atoms with van der Waals surface area (Å²) in [6.45, 7) is 6.53. The smallest absolute Gasteiger partial charge is 0.181 e. The van der Waals surface area contributed by atoms with Gasteiger partial charge in [-0.05, 0) is 91.3 Å². The first-order valence-electron chi connectivity index (χ1n) is 10.3. The summed E-state index contributed by atoms with van der Waals surface area (Å²) in [4.78, 5) is 0. The Morgan fingerprint density at radius 1 is 1.07 bits per heavy atom. The normalized spacial score (nSPS) is 21.7. The topological polar surface area (TPSA) is 64.9 Å². The fourth-order valence-corrected chi connectivity index (χ4v) is 4.37. The summed E-state index contributed by atoms with van der Waals surface area (Å²) in [5.41, 5.74) is 4.11. The van der Waals surface area contributed by atoms with E-state index in [0.717, 1.165) is 48.6 Å². The minimum absolute atomic E-state index is 0.319. The van der Waals surface area contributed by atoms with Gasteiger partial charge in [-0.1, -0.05) is 19.1 Å². The zero-order valence-electron chi connectivity index (χ0n) is 17.6. The Kier molecular flexibility index (Phi) is 5.26. The molecule has 0 spiro atoms. The standard InChI is InChI=1S/C23H29N5O/c1-16-8-10-23(11-9-16,24-19-6-5-7-21(15-19)29-4)22-25-26-27-28(22)20-13-17(2)12-18(3)14-20/h5-7,12-16,24H,8-11H2,1-4H3. The second kappa shape index (κ2) is 7.85. The Labute approximate surface area is 172 Å². The monoisotopic (exact) mass is 391 g/mol. The van der Waals surface area contributed by atoms with Crippen molar-refractivity contribution < 1.29 is 4.74 Å². The third-order valence-electron chi connectivity index (χ3n) is 5.93. The van der Waals surface area contributed by atoms with E-state index < -0.39 is 0 Å². The van der Waals surface area contributed by atoms with Crippen molar-refractivity contribution in [2.45, 2.75) is 52.0 Å². The minimum Gasteiger partial charge on any atom is -0.497 e. The van der Waals surface area contributed by atoms with E-state index in [1.54, 1.807) is 7.11 Å². The largest absolute Gasteiger partial charge is 0.497 e. The minimum atomic E-state index is -0.319. The number of hydrogen-bond acceptors (Lipinski definition) is 5. The molecule has 0 amide bonds. The molecule has 152 valence electrons. The predicted molar refractivity (Wildman–Crippen MR) is 115 cm³/mol. The van der Waals surface area contributed by atoms with Crippen molar-refractivity contribution >= 4 is 5.69 Å². The average molecular weight is 392 g/mol. The van der Waals surface area contributed by atoms with Crippen LogP contribution in [0.1, 0.15) is 49.6 Å². The first kappa shape index (κ1) is 19.4. The quantitative estimate of drug-likeness (QED) is 0.676. The van der Waals surface area contributed by atoms with Gasteiger partial charge in [0.15, 0.2) is 5.82 Å². The predicted octanol–water partition coefficient (Wildman–Crippen LogP) is 4.81. The van der Waals surface area contributed by atoms with Crippen LogP contribution in [-0.4, -0.2) is 27.3 Å². The third-order valence-corrected chi connectivity index (χ3v) is 5.93. The van der Waals surface area contributed by atoms with Crippen molar-refractivity contribution in [3.8, 4) is 11.4 Å². The van der Waals surface area contributed by atoms with Crippen LogP contribution >= 0.6 is 0 Å². The van der Waals surface area contributed by atoms with Gasteiger partial charge in [0.05, 0.1) is 18.3 Å². The third kappa shape index (κ3) is 3.97. The highest BCUT2D eigenvalue weighted by molar-refractivity contribution is 5.51. The average Bonchev–Trinajstić information content (AvgIpc) is 3.20. The summed E-state index contributed by atoms with van der Waals surface area (Å²) >= 11 is 0. The van der Waals surface area contributed by atoms with Crippen LogP contribution in [0.15, 0.2) is 42.5 Å². The molecule has 1 aliphatic carbocycles. The molecule has 1 saturated carbocycles. The van der Waals surface area contributed by atoms with E-state index in [1.807, 2.05) is 22.9 Å². The molecular weight excluding hydrogens is 362 g/mol. The Morgan fingerprint density at radius 2 is 1.79 bits per heavy atom. The van der Waals surface area contributed by atoms with Gasteiger partial charge in [0.2, 0.25) is 0 Å². The van der Waals surface area contributed by atoms with E-state index in [-0.39, 0.29) is 5.54 Å². The van der Waals surface area contributed by atoms with Crippen LogP contribution in [0.3, 0.4) is 0 Å². The Morgan fingerprint density at radius 3 is 2.48 bits per heavy atom. The van der Waals surface area contributed by atoms with Crippen LogP contribution in [0.2, 0.25) is 0 Å². The van der Waals surface area contributed by atoms with Crippen molar-refractivity contribution in [3.05, 3.63) is 59.4 Å². The lowest BCUT2D eigenvalue weighted by Gasteiger charge is -2.39. The molecule has 0 radical (unpaired) electrons. The van der Waals surface area contributed by atoms with Crippen molar-refractivity contribution in [2.24, 2.45) is 5.92 Å². The molecule has 0 aliphatic heterocycles. The van der Waals surface area contributed by atoms with Crippen LogP contribution in [0.5, 0.6) is 5.75 Å². The second-order valence-electron chi connectivity index (χ2n) is 8.38. The molecule has 1 N–H and O–H groups in total. The zero-order chi connectivity index (χ0) is 20.4. The van der Waals surface area contributed by atoms with Crippen molar-refractivity contribution in [1.29, 1.82) is 0 Å². The number of aryl methyl sites for hydroxylation is 2. The maximum atomic E-state index is 5.42. The highest BCUT2D eigenvalue weighted by atomic mass is 16.5. The summed E-state index contributed by atoms with van der Waals surface area (Å²) in [5.74, 6) is 2.42. The fourth-order valence-electron chi connectivity index (χ4n) is 4.37.